The third-order valence-electron chi connectivity index (χ3n) is 4.39. The van der Waals surface area contributed by atoms with E-state index in [2.05, 4.69) is 10.1 Å². The summed E-state index contributed by atoms with van der Waals surface area (Å²) in [7, 11) is 1.75. The van der Waals surface area contributed by atoms with Gasteiger partial charge in [0.1, 0.15) is 4.83 Å². The van der Waals surface area contributed by atoms with Crippen molar-refractivity contribution in [1.82, 2.24) is 19.7 Å². The second-order valence-electron chi connectivity index (χ2n) is 6.86. The highest BCUT2D eigenvalue weighted by molar-refractivity contribution is 7.99. The SMILES string of the molecule is CC(C)c1noc(C(C)Sc2nc3sc(-c4ccccc4)cc3c(=O)n2C)n1. The highest BCUT2D eigenvalue weighted by atomic mass is 32.2. The summed E-state index contributed by atoms with van der Waals surface area (Å²) in [5, 5.41) is 5.19. The van der Waals surface area contributed by atoms with Gasteiger partial charge in [-0.3, -0.25) is 9.36 Å². The molecule has 3 aromatic heterocycles. The van der Waals surface area contributed by atoms with Crippen molar-refractivity contribution in [3.05, 3.63) is 58.5 Å². The highest BCUT2D eigenvalue weighted by Gasteiger charge is 2.20. The second kappa shape index (κ2) is 7.52. The zero-order valence-corrected chi connectivity index (χ0v) is 17.7. The summed E-state index contributed by atoms with van der Waals surface area (Å²) in [5.41, 5.74) is 1.04. The third kappa shape index (κ3) is 3.49. The van der Waals surface area contributed by atoms with Gasteiger partial charge in [0.25, 0.3) is 5.56 Å². The number of nitrogens with zero attached hydrogens (tertiary/aromatic N) is 4. The highest BCUT2D eigenvalue weighted by Crippen LogP contribution is 2.36. The normalized spacial score (nSPS) is 12.8. The van der Waals surface area contributed by atoms with Crippen molar-refractivity contribution in [1.29, 1.82) is 0 Å². The van der Waals surface area contributed by atoms with E-state index in [-0.39, 0.29) is 16.7 Å². The standard InChI is InChI=1S/C20H20N4O2S2/c1-11(2)16-21-17(26-23-16)12(3)27-20-22-18-14(19(25)24(20)4)10-15(28-18)13-8-6-5-7-9-13/h5-12H,1-4H3. The van der Waals surface area contributed by atoms with Crippen LogP contribution in [0.5, 0.6) is 0 Å². The summed E-state index contributed by atoms with van der Waals surface area (Å²) < 4.78 is 6.97. The predicted octanol–water partition coefficient (Wildman–Crippen LogP) is 5.02. The summed E-state index contributed by atoms with van der Waals surface area (Å²) in [6.45, 7) is 6.02. The maximum Gasteiger partial charge on any atom is 0.262 e. The first-order valence-electron chi connectivity index (χ1n) is 9.00. The van der Waals surface area contributed by atoms with Gasteiger partial charge in [-0.1, -0.05) is 61.1 Å². The lowest BCUT2D eigenvalue weighted by molar-refractivity contribution is 0.373. The predicted molar refractivity (Wildman–Crippen MR) is 113 cm³/mol. The molecule has 0 radical (unpaired) electrons. The summed E-state index contributed by atoms with van der Waals surface area (Å²) in [5.74, 6) is 1.43. The van der Waals surface area contributed by atoms with Gasteiger partial charge in [0.15, 0.2) is 11.0 Å². The minimum absolute atomic E-state index is 0.0495. The van der Waals surface area contributed by atoms with Gasteiger partial charge in [-0.15, -0.1) is 11.3 Å². The van der Waals surface area contributed by atoms with Crippen LogP contribution in [0.2, 0.25) is 0 Å². The lowest BCUT2D eigenvalue weighted by Gasteiger charge is -2.09. The molecule has 0 N–H and O–H groups in total. The van der Waals surface area contributed by atoms with Crippen molar-refractivity contribution in [2.45, 2.75) is 37.1 Å². The van der Waals surface area contributed by atoms with Crippen LogP contribution in [-0.4, -0.2) is 19.7 Å². The number of hydrogen-bond acceptors (Lipinski definition) is 7. The van der Waals surface area contributed by atoms with E-state index < -0.39 is 0 Å². The number of hydrogen-bond donors (Lipinski definition) is 0. The topological polar surface area (TPSA) is 73.8 Å². The van der Waals surface area contributed by atoms with Crippen LogP contribution in [0, 0.1) is 0 Å². The fraction of sp³-hybridized carbons (Fsp3) is 0.300. The third-order valence-corrected chi connectivity index (χ3v) is 6.60. The number of benzene rings is 1. The Morgan fingerprint density at radius 3 is 2.57 bits per heavy atom. The quantitative estimate of drug-likeness (QED) is 0.338. The molecule has 0 aliphatic heterocycles. The van der Waals surface area contributed by atoms with Gasteiger partial charge < -0.3 is 4.52 Å². The molecule has 1 unspecified atom stereocenters. The number of fused-ring (bicyclic) bond motifs is 1. The van der Waals surface area contributed by atoms with Crippen molar-refractivity contribution in [3.8, 4) is 10.4 Å². The number of thioether (sulfide) groups is 1. The van der Waals surface area contributed by atoms with Crippen molar-refractivity contribution in [3.63, 3.8) is 0 Å². The minimum Gasteiger partial charge on any atom is -0.338 e. The molecular weight excluding hydrogens is 392 g/mol. The van der Waals surface area contributed by atoms with Crippen molar-refractivity contribution >= 4 is 33.3 Å². The Bertz CT molecular complexity index is 1180. The molecule has 144 valence electrons. The van der Waals surface area contributed by atoms with E-state index in [1.165, 1.54) is 23.1 Å². The fourth-order valence-corrected chi connectivity index (χ4v) is 4.74. The Balaban J connectivity index is 1.69. The van der Waals surface area contributed by atoms with Crippen LogP contribution in [0.3, 0.4) is 0 Å². The van der Waals surface area contributed by atoms with E-state index in [4.69, 9.17) is 9.51 Å². The van der Waals surface area contributed by atoms with Crippen LogP contribution >= 0.6 is 23.1 Å². The molecular formula is C20H20N4O2S2. The van der Waals surface area contributed by atoms with Crippen molar-refractivity contribution in [2.24, 2.45) is 7.05 Å². The van der Waals surface area contributed by atoms with Gasteiger partial charge in [0.05, 0.1) is 10.6 Å². The largest absolute Gasteiger partial charge is 0.338 e. The molecule has 0 amide bonds. The Kier molecular flexibility index (Phi) is 5.07. The first-order chi connectivity index (χ1) is 13.4. The summed E-state index contributed by atoms with van der Waals surface area (Å²) >= 11 is 2.97. The molecule has 0 aliphatic rings. The summed E-state index contributed by atoms with van der Waals surface area (Å²) in [6, 6.07) is 12.0. The molecule has 0 saturated carbocycles. The second-order valence-corrected chi connectivity index (χ2v) is 9.20. The van der Waals surface area contributed by atoms with Gasteiger partial charge in [0.2, 0.25) is 5.89 Å². The van der Waals surface area contributed by atoms with Crippen LogP contribution < -0.4 is 5.56 Å². The molecule has 6 nitrogen and oxygen atoms in total. The number of thiophene rings is 1. The van der Waals surface area contributed by atoms with Gasteiger partial charge in [0, 0.05) is 17.8 Å². The first-order valence-corrected chi connectivity index (χ1v) is 10.7. The van der Waals surface area contributed by atoms with Crippen LogP contribution in [0.25, 0.3) is 20.7 Å². The van der Waals surface area contributed by atoms with E-state index in [9.17, 15) is 4.79 Å². The molecule has 28 heavy (non-hydrogen) atoms. The van der Waals surface area contributed by atoms with Crippen molar-refractivity contribution < 1.29 is 4.52 Å². The fourth-order valence-electron chi connectivity index (χ4n) is 2.75. The monoisotopic (exact) mass is 412 g/mol. The smallest absolute Gasteiger partial charge is 0.262 e. The summed E-state index contributed by atoms with van der Waals surface area (Å²) in [6.07, 6.45) is 0. The van der Waals surface area contributed by atoms with Gasteiger partial charge >= 0.3 is 0 Å². The van der Waals surface area contributed by atoms with Gasteiger partial charge in [-0.25, -0.2) is 4.98 Å². The molecule has 1 aromatic carbocycles. The van der Waals surface area contributed by atoms with E-state index >= 15 is 0 Å². The molecule has 4 rings (SSSR count). The number of rotatable bonds is 5. The van der Waals surface area contributed by atoms with E-state index in [1.807, 2.05) is 57.2 Å². The zero-order valence-electron chi connectivity index (χ0n) is 16.0. The lowest BCUT2D eigenvalue weighted by atomic mass is 10.2. The average Bonchev–Trinajstić information content (AvgIpc) is 3.34. The molecule has 0 fully saturated rings. The maximum absolute atomic E-state index is 12.9. The molecule has 4 aromatic rings. The first kappa shape index (κ1) is 18.9. The van der Waals surface area contributed by atoms with Crippen LogP contribution in [-0.2, 0) is 7.05 Å². The maximum atomic E-state index is 12.9. The van der Waals surface area contributed by atoms with E-state index in [0.717, 1.165) is 15.3 Å². The molecule has 0 spiro atoms. The average molecular weight is 413 g/mol. The molecule has 1 atom stereocenters. The molecule has 8 heteroatoms. The van der Waals surface area contributed by atoms with Gasteiger partial charge in [-0.2, -0.15) is 4.98 Å². The Morgan fingerprint density at radius 2 is 1.89 bits per heavy atom. The van der Waals surface area contributed by atoms with E-state index in [0.29, 0.717) is 22.3 Å². The number of aromatic nitrogens is 4. The molecule has 0 bridgehead atoms. The minimum atomic E-state index is -0.107. The zero-order chi connectivity index (χ0) is 19.8. The Labute approximate surface area is 170 Å². The lowest BCUT2D eigenvalue weighted by Crippen LogP contribution is -2.19. The summed E-state index contributed by atoms with van der Waals surface area (Å²) in [4.78, 5) is 23.8. The molecule has 3 heterocycles. The Morgan fingerprint density at radius 1 is 1.14 bits per heavy atom. The Hall–Kier alpha value is -2.45. The van der Waals surface area contributed by atoms with Crippen LogP contribution in [0.15, 0.2) is 50.9 Å². The van der Waals surface area contributed by atoms with Crippen LogP contribution in [0.4, 0.5) is 0 Å². The molecule has 0 aliphatic carbocycles. The van der Waals surface area contributed by atoms with Crippen LogP contribution in [0.1, 0.15) is 43.7 Å². The van der Waals surface area contributed by atoms with E-state index in [1.54, 1.807) is 11.6 Å². The van der Waals surface area contributed by atoms with Crippen molar-refractivity contribution in [2.75, 3.05) is 0 Å². The molecule has 0 saturated heterocycles. The van der Waals surface area contributed by atoms with Gasteiger partial charge in [-0.05, 0) is 18.6 Å².